The molecule has 0 fully saturated rings. The molecule has 1 amide bonds. The van der Waals surface area contributed by atoms with Crippen LogP contribution in [-0.4, -0.2) is 15.7 Å². The van der Waals surface area contributed by atoms with Crippen molar-refractivity contribution in [2.24, 2.45) is 11.5 Å². The fourth-order valence-corrected chi connectivity index (χ4v) is 0.688. The number of nitrogens with two attached hydrogens (primary N) is 2. The molecule has 11 heavy (non-hydrogen) atoms. The summed E-state index contributed by atoms with van der Waals surface area (Å²) in [6, 6.07) is 0. The topological polar surface area (TPSA) is 86.9 Å². The number of primary amides is 1. The summed E-state index contributed by atoms with van der Waals surface area (Å²) in [4.78, 5) is 10.6. The fraction of sp³-hybridized carbons (Fsp3) is 0.333. The summed E-state index contributed by atoms with van der Waals surface area (Å²) in [6.45, 7) is 1.76. The molecule has 0 spiro atoms. The Kier molecular flexibility index (Phi) is 1.91. The highest BCUT2D eigenvalue weighted by Gasteiger charge is 2.04. The summed E-state index contributed by atoms with van der Waals surface area (Å²) < 4.78 is 1.47. The van der Waals surface area contributed by atoms with Crippen LogP contribution >= 0.6 is 0 Å². The predicted octanol–water partition coefficient (Wildman–Crippen LogP) is -0.541. The Bertz CT molecular complexity index is 265. The Hall–Kier alpha value is -1.36. The molecule has 1 rings (SSSR count). The van der Waals surface area contributed by atoms with Crippen LogP contribution < -0.4 is 11.5 Å². The molecule has 0 aliphatic heterocycles. The van der Waals surface area contributed by atoms with Crippen molar-refractivity contribution >= 4 is 5.91 Å². The first-order valence-corrected chi connectivity index (χ1v) is 3.21. The Morgan fingerprint density at radius 1 is 1.82 bits per heavy atom. The fourth-order valence-electron chi connectivity index (χ4n) is 0.688. The van der Waals surface area contributed by atoms with Crippen LogP contribution in [-0.2, 0) is 0 Å². The molecule has 0 radical (unpaired) electrons. The van der Waals surface area contributed by atoms with E-state index >= 15 is 0 Å². The molecule has 5 nitrogen and oxygen atoms in total. The summed E-state index contributed by atoms with van der Waals surface area (Å²) in [5, 5.41) is 3.83. The number of carbonyl (C=O) groups is 1. The third-order valence-electron chi connectivity index (χ3n) is 1.30. The van der Waals surface area contributed by atoms with E-state index in [1.165, 1.54) is 17.1 Å². The van der Waals surface area contributed by atoms with Crippen LogP contribution in [0.5, 0.6) is 0 Å². The number of carbonyl (C=O) groups excluding carboxylic acids is 1. The maximum atomic E-state index is 10.6. The standard InChI is InChI=1S/C6H10N4O/c1-4(7)10-3-5(2-9-10)6(8)11/h2-4H,7H2,1H3,(H2,8,11). The number of aromatic nitrogens is 2. The maximum Gasteiger partial charge on any atom is 0.251 e. The number of hydrogen-bond donors (Lipinski definition) is 2. The van der Waals surface area contributed by atoms with Crippen LogP contribution in [0.4, 0.5) is 0 Å². The molecular weight excluding hydrogens is 144 g/mol. The van der Waals surface area contributed by atoms with Gasteiger partial charge in [-0.1, -0.05) is 0 Å². The van der Waals surface area contributed by atoms with Gasteiger partial charge in [-0.2, -0.15) is 5.10 Å². The molecule has 5 heteroatoms. The van der Waals surface area contributed by atoms with Crippen molar-refractivity contribution in [1.29, 1.82) is 0 Å². The van der Waals surface area contributed by atoms with E-state index in [4.69, 9.17) is 11.5 Å². The van der Waals surface area contributed by atoms with Crippen LogP contribution in [0.3, 0.4) is 0 Å². The number of amides is 1. The van der Waals surface area contributed by atoms with Gasteiger partial charge in [-0.05, 0) is 6.92 Å². The Morgan fingerprint density at radius 2 is 2.45 bits per heavy atom. The molecule has 1 aromatic rings. The highest BCUT2D eigenvalue weighted by atomic mass is 16.1. The van der Waals surface area contributed by atoms with E-state index in [1.807, 2.05) is 0 Å². The summed E-state index contributed by atoms with van der Waals surface area (Å²) in [7, 11) is 0. The molecule has 0 aliphatic rings. The van der Waals surface area contributed by atoms with Crippen LogP contribution in [0.25, 0.3) is 0 Å². The minimum Gasteiger partial charge on any atom is -0.366 e. The lowest BCUT2D eigenvalue weighted by Gasteiger charge is -2.02. The van der Waals surface area contributed by atoms with Crippen LogP contribution in [0, 0.1) is 0 Å². The van der Waals surface area contributed by atoms with Gasteiger partial charge >= 0.3 is 0 Å². The van der Waals surface area contributed by atoms with Gasteiger partial charge in [-0.15, -0.1) is 0 Å². The summed E-state index contributed by atoms with van der Waals surface area (Å²) in [6.07, 6.45) is 2.68. The highest BCUT2D eigenvalue weighted by Crippen LogP contribution is 1.99. The molecule has 1 aromatic heterocycles. The van der Waals surface area contributed by atoms with Crippen LogP contribution in [0.2, 0.25) is 0 Å². The van der Waals surface area contributed by atoms with Gasteiger partial charge in [-0.25, -0.2) is 0 Å². The van der Waals surface area contributed by atoms with Gasteiger partial charge in [0.15, 0.2) is 0 Å². The van der Waals surface area contributed by atoms with E-state index in [1.54, 1.807) is 6.92 Å². The smallest absolute Gasteiger partial charge is 0.251 e. The molecule has 1 atom stereocenters. The molecule has 1 unspecified atom stereocenters. The van der Waals surface area contributed by atoms with Crippen molar-refractivity contribution in [3.8, 4) is 0 Å². The number of hydrogen-bond acceptors (Lipinski definition) is 3. The zero-order chi connectivity index (χ0) is 8.43. The van der Waals surface area contributed by atoms with Gasteiger partial charge in [0, 0.05) is 6.20 Å². The molecule has 0 saturated carbocycles. The van der Waals surface area contributed by atoms with Gasteiger partial charge in [0.25, 0.3) is 5.91 Å². The Labute approximate surface area is 64.0 Å². The lowest BCUT2D eigenvalue weighted by Crippen LogP contribution is -2.15. The average Bonchev–Trinajstić information content (AvgIpc) is 2.33. The molecular formula is C6H10N4O. The zero-order valence-corrected chi connectivity index (χ0v) is 6.19. The van der Waals surface area contributed by atoms with E-state index in [0.29, 0.717) is 5.56 Å². The van der Waals surface area contributed by atoms with E-state index in [9.17, 15) is 4.79 Å². The minimum absolute atomic E-state index is 0.233. The SMILES string of the molecule is CC(N)n1cc(C(N)=O)cn1. The third-order valence-corrected chi connectivity index (χ3v) is 1.30. The average molecular weight is 154 g/mol. The molecule has 0 aromatic carbocycles. The van der Waals surface area contributed by atoms with E-state index < -0.39 is 5.91 Å². The Morgan fingerprint density at radius 3 is 2.73 bits per heavy atom. The van der Waals surface area contributed by atoms with Gasteiger partial charge in [-0.3, -0.25) is 9.48 Å². The molecule has 0 saturated heterocycles. The highest BCUT2D eigenvalue weighted by molar-refractivity contribution is 5.92. The molecule has 1 heterocycles. The van der Waals surface area contributed by atoms with Crippen molar-refractivity contribution in [2.45, 2.75) is 13.1 Å². The third kappa shape index (κ3) is 1.56. The maximum absolute atomic E-state index is 10.6. The van der Waals surface area contributed by atoms with E-state index in [0.717, 1.165) is 0 Å². The largest absolute Gasteiger partial charge is 0.366 e. The second-order valence-corrected chi connectivity index (χ2v) is 2.31. The minimum atomic E-state index is -0.489. The van der Waals surface area contributed by atoms with Crippen molar-refractivity contribution in [2.75, 3.05) is 0 Å². The van der Waals surface area contributed by atoms with Crippen LogP contribution in [0.1, 0.15) is 23.4 Å². The summed E-state index contributed by atoms with van der Waals surface area (Å²) in [5.74, 6) is -0.489. The first-order valence-electron chi connectivity index (χ1n) is 3.21. The van der Waals surface area contributed by atoms with Gasteiger partial charge in [0.2, 0.25) is 0 Å². The Balaban J connectivity index is 2.90. The van der Waals surface area contributed by atoms with Gasteiger partial charge < -0.3 is 11.5 Å². The molecule has 4 N–H and O–H groups in total. The predicted molar refractivity (Wildman–Crippen MR) is 39.6 cm³/mol. The molecule has 60 valence electrons. The van der Waals surface area contributed by atoms with E-state index in [2.05, 4.69) is 5.10 Å². The number of rotatable bonds is 2. The van der Waals surface area contributed by atoms with Crippen molar-refractivity contribution < 1.29 is 4.79 Å². The monoisotopic (exact) mass is 154 g/mol. The second-order valence-electron chi connectivity index (χ2n) is 2.31. The van der Waals surface area contributed by atoms with Crippen molar-refractivity contribution in [3.63, 3.8) is 0 Å². The first-order chi connectivity index (χ1) is 5.11. The first kappa shape index (κ1) is 7.74. The normalized spacial score (nSPS) is 12.9. The zero-order valence-electron chi connectivity index (χ0n) is 6.19. The van der Waals surface area contributed by atoms with Gasteiger partial charge in [0.05, 0.1) is 17.9 Å². The van der Waals surface area contributed by atoms with Crippen molar-refractivity contribution in [1.82, 2.24) is 9.78 Å². The lowest BCUT2D eigenvalue weighted by atomic mass is 10.3. The molecule has 0 aliphatic carbocycles. The van der Waals surface area contributed by atoms with E-state index in [-0.39, 0.29) is 6.17 Å². The van der Waals surface area contributed by atoms with Gasteiger partial charge in [0.1, 0.15) is 0 Å². The quantitative estimate of drug-likeness (QED) is 0.599. The molecule has 0 bridgehead atoms. The summed E-state index contributed by atoms with van der Waals surface area (Å²) in [5.41, 5.74) is 10.8. The summed E-state index contributed by atoms with van der Waals surface area (Å²) >= 11 is 0. The second kappa shape index (κ2) is 2.71. The number of nitrogens with zero attached hydrogens (tertiary/aromatic N) is 2. The van der Waals surface area contributed by atoms with Crippen molar-refractivity contribution in [3.05, 3.63) is 18.0 Å². The lowest BCUT2D eigenvalue weighted by molar-refractivity contribution is 0.1000. The van der Waals surface area contributed by atoms with Crippen LogP contribution in [0.15, 0.2) is 12.4 Å².